The van der Waals surface area contributed by atoms with E-state index in [0.717, 1.165) is 11.3 Å². The molecule has 16 heavy (non-hydrogen) atoms. The van der Waals surface area contributed by atoms with Crippen LogP contribution in [0.4, 0.5) is 11.6 Å². The second-order valence-corrected chi connectivity index (χ2v) is 3.82. The minimum atomic E-state index is 0.0220. The fourth-order valence-electron chi connectivity index (χ4n) is 1.81. The first-order valence-corrected chi connectivity index (χ1v) is 5.03. The molecule has 0 saturated heterocycles. The fourth-order valence-corrected chi connectivity index (χ4v) is 1.81. The van der Waals surface area contributed by atoms with Crippen molar-refractivity contribution in [1.82, 2.24) is 14.8 Å². The van der Waals surface area contributed by atoms with Gasteiger partial charge in [0.2, 0.25) is 5.95 Å². The number of nitrogens with zero attached hydrogens (tertiary/aromatic N) is 4. The van der Waals surface area contributed by atoms with Gasteiger partial charge in [0.25, 0.3) is 5.91 Å². The topological polar surface area (TPSA) is 51.0 Å². The van der Waals surface area contributed by atoms with Crippen LogP contribution in [0.3, 0.4) is 0 Å². The number of anilines is 2. The number of hydrogen-bond donors (Lipinski definition) is 0. The molecule has 2 heterocycles. The Hall–Kier alpha value is -2.17. The number of rotatable bonds is 1. The van der Waals surface area contributed by atoms with Crippen LogP contribution in [0.15, 0.2) is 30.6 Å². The van der Waals surface area contributed by atoms with Gasteiger partial charge in [-0.3, -0.25) is 9.36 Å². The summed E-state index contributed by atoms with van der Waals surface area (Å²) in [6, 6.07) is 7.78. The summed E-state index contributed by atoms with van der Waals surface area (Å²) >= 11 is 0. The summed E-state index contributed by atoms with van der Waals surface area (Å²) in [7, 11) is 0. The monoisotopic (exact) mass is 214 g/mol. The molecular weight excluding hydrogens is 204 g/mol. The number of amides is 1. The molecule has 5 nitrogen and oxygen atoms in total. The maximum atomic E-state index is 11.8. The van der Waals surface area contributed by atoms with Crippen LogP contribution in [0.5, 0.6) is 0 Å². The molecule has 0 unspecified atom stereocenters. The van der Waals surface area contributed by atoms with Crippen LogP contribution in [0.2, 0.25) is 0 Å². The van der Waals surface area contributed by atoms with E-state index in [9.17, 15) is 4.79 Å². The number of fused-ring (bicyclic) bond motifs is 1. The van der Waals surface area contributed by atoms with Crippen molar-refractivity contribution in [1.29, 1.82) is 0 Å². The van der Waals surface area contributed by atoms with Gasteiger partial charge in [0.1, 0.15) is 12.9 Å². The molecule has 1 aliphatic rings. The van der Waals surface area contributed by atoms with E-state index in [1.165, 1.54) is 0 Å². The first-order chi connectivity index (χ1) is 7.75. The molecule has 1 aromatic heterocycles. The number of benzene rings is 1. The number of aromatic nitrogens is 3. The van der Waals surface area contributed by atoms with Crippen LogP contribution >= 0.6 is 0 Å². The average Bonchev–Trinajstić information content (AvgIpc) is 2.79. The third-order valence-corrected chi connectivity index (χ3v) is 2.64. The second-order valence-electron chi connectivity index (χ2n) is 3.82. The predicted molar refractivity (Wildman–Crippen MR) is 58.3 cm³/mol. The van der Waals surface area contributed by atoms with Gasteiger partial charge in [-0.05, 0) is 19.1 Å². The van der Waals surface area contributed by atoms with Crippen molar-refractivity contribution in [2.24, 2.45) is 0 Å². The lowest BCUT2D eigenvalue weighted by molar-refractivity contribution is -0.117. The number of carbonyl (C=O) groups excluding carboxylic acids is 1. The predicted octanol–water partition coefficient (Wildman–Crippen LogP) is 1.26. The molecule has 0 saturated carbocycles. The lowest BCUT2D eigenvalue weighted by atomic mass is 10.2. The zero-order chi connectivity index (χ0) is 11.1. The molecule has 0 spiro atoms. The first-order valence-electron chi connectivity index (χ1n) is 5.03. The number of hydrogen-bond acceptors (Lipinski definition) is 3. The zero-order valence-corrected chi connectivity index (χ0v) is 8.79. The summed E-state index contributed by atoms with van der Waals surface area (Å²) in [5, 5.41) is 7.74. The smallest absolute Gasteiger partial charge is 0.254 e. The molecule has 1 aliphatic heterocycles. The van der Waals surface area contributed by atoms with E-state index in [2.05, 4.69) is 10.2 Å². The Morgan fingerprint density at radius 2 is 2.00 bits per heavy atom. The van der Waals surface area contributed by atoms with Gasteiger partial charge in [0, 0.05) is 0 Å². The highest BCUT2D eigenvalue weighted by Crippen LogP contribution is 2.28. The third-order valence-electron chi connectivity index (χ3n) is 2.64. The number of aryl methyl sites for hydroxylation is 1. The summed E-state index contributed by atoms with van der Waals surface area (Å²) in [5.41, 5.74) is 2.00. The van der Waals surface area contributed by atoms with Crippen molar-refractivity contribution in [2.45, 2.75) is 13.5 Å². The Balaban J connectivity index is 2.07. The molecule has 2 aromatic rings. The van der Waals surface area contributed by atoms with Crippen molar-refractivity contribution < 1.29 is 4.79 Å². The fraction of sp³-hybridized carbons (Fsp3) is 0.182. The van der Waals surface area contributed by atoms with Crippen molar-refractivity contribution in [3.05, 3.63) is 36.2 Å². The molecule has 0 aliphatic carbocycles. The van der Waals surface area contributed by atoms with E-state index in [1.54, 1.807) is 15.8 Å². The Labute approximate surface area is 92.3 Å². The SMILES string of the molecule is Cc1ccc(N2C(=O)Cn3cnnc32)cc1. The highest BCUT2D eigenvalue weighted by atomic mass is 16.2. The molecule has 3 rings (SSSR count). The van der Waals surface area contributed by atoms with E-state index >= 15 is 0 Å². The summed E-state index contributed by atoms with van der Waals surface area (Å²) in [6.45, 7) is 2.33. The molecule has 1 aromatic carbocycles. The van der Waals surface area contributed by atoms with Gasteiger partial charge in [-0.1, -0.05) is 17.7 Å². The second kappa shape index (κ2) is 3.16. The minimum Gasteiger partial charge on any atom is -0.290 e. The lowest BCUT2D eigenvalue weighted by Crippen LogP contribution is -2.21. The first kappa shape index (κ1) is 9.08. The van der Waals surface area contributed by atoms with Crippen molar-refractivity contribution in [3.63, 3.8) is 0 Å². The summed E-state index contributed by atoms with van der Waals surface area (Å²) in [4.78, 5) is 13.4. The van der Waals surface area contributed by atoms with E-state index in [1.807, 2.05) is 31.2 Å². The molecule has 80 valence electrons. The maximum absolute atomic E-state index is 11.8. The van der Waals surface area contributed by atoms with Gasteiger partial charge in [0.15, 0.2) is 0 Å². The van der Waals surface area contributed by atoms with Gasteiger partial charge in [-0.25, -0.2) is 4.90 Å². The Kier molecular flexibility index (Phi) is 1.80. The van der Waals surface area contributed by atoms with E-state index in [0.29, 0.717) is 12.5 Å². The molecule has 0 bridgehead atoms. The van der Waals surface area contributed by atoms with Crippen LogP contribution < -0.4 is 4.90 Å². The number of carbonyl (C=O) groups is 1. The van der Waals surface area contributed by atoms with E-state index < -0.39 is 0 Å². The van der Waals surface area contributed by atoms with Crippen LogP contribution in [-0.4, -0.2) is 20.7 Å². The van der Waals surface area contributed by atoms with E-state index in [4.69, 9.17) is 0 Å². The molecular formula is C11H10N4O. The van der Waals surface area contributed by atoms with Crippen molar-refractivity contribution >= 4 is 17.5 Å². The van der Waals surface area contributed by atoms with Gasteiger partial charge in [-0.2, -0.15) is 0 Å². The maximum Gasteiger partial charge on any atom is 0.254 e. The highest BCUT2D eigenvalue weighted by molar-refractivity contribution is 6.01. The van der Waals surface area contributed by atoms with Crippen LogP contribution in [0, 0.1) is 6.92 Å². The van der Waals surface area contributed by atoms with Crippen molar-refractivity contribution in [3.8, 4) is 0 Å². The van der Waals surface area contributed by atoms with Gasteiger partial charge < -0.3 is 0 Å². The Morgan fingerprint density at radius 3 is 2.75 bits per heavy atom. The molecule has 0 N–H and O–H groups in total. The molecule has 0 radical (unpaired) electrons. The summed E-state index contributed by atoms with van der Waals surface area (Å²) < 4.78 is 1.74. The van der Waals surface area contributed by atoms with Gasteiger partial charge >= 0.3 is 0 Å². The molecule has 0 fully saturated rings. The van der Waals surface area contributed by atoms with Crippen molar-refractivity contribution in [2.75, 3.05) is 4.90 Å². The molecule has 0 atom stereocenters. The molecule has 1 amide bonds. The average molecular weight is 214 g/mol. The largest absolute Gasteiger partial charge is 0.290 e. The third kappa shape index (κ3) is 1.21. The van der Waals surface area contributed by atoms with E-state index in [-0.39, 0.29) is 5.91 Å². The van der Waals surface area contributed by atoms with Crippen LogP contribution in [0.25, 0.3) is 0 Å². The summed E-state index contributed by atoms with van der Waals surface area (Å²) in [5.74, 6) is 0.614. The van der Waals surface area contributed by atoms with Gasteiger partial charge in [-0.15, -0.1) is 10.2 Å². The van der Waals surface area contributed by atoms with Gasteiger partial charge in [0.05, 0.1) is 5.69 Å². The van der Waals surface area contributed by atoms with Crippen LogP contribution in [-0.2, 0) is 11.3 Å². The quantitative estimate of drug-likeness (QED) is 0.718. The zero-order valence-electron chi connectivity index (χ0n) is 8.79. The van der Waals surface area contributed by atoms with Crippen LogP contribution in [0.1, 0.15) is 5.56 Å². The molecule has 5 heteroatoms. The highest BCUT2D eigenvalue weighted by Gasteiger charge is 2.30. The Morgan fingerprint density at radius 1 is 1.25 bits per heavy atom. The minimum absolute atomic E-state index is 0.0220. The lowest BCUT2D eigenvalue weighted by Gasteiger charge is -2.13. The normalized spacial score (nSPS) is 14.3. The Bertz CT molecular complexity index is 543. The standard InChI is InChI=1S/C11H10N4O/c1-8-2-4-9(5-3-8)15-10(16)6-14-7-12-13-11(14)15/h2-5,7H,6H2,1H3. The summed E-state index contributed by atoms with van der Waals surface area (Å²) in [6.07, 6.45) is 1.57.